The van der Waals surface area contributed by atoms with Crippen LogP contribution in [0.2, 0.25) is 0 Å². The van der Waals surface area contributed by atoms with E-state index < -0.39 is 17.7 Å². The standard InChI is InChI=1S/C29H39N3O3/c1-2-3-8-22-12-14-25(15-13-22)28(34)32-26(21-24-9-5-4-6-10-24)27(33)29(35)31-18-7-11-23-16-19-30-20-17-23/h4-6,9-10,16-17,19-20,22,25-26H,2-3,7-8,11-15,18,21H2,1H3,(H,31,35)(H,32,34). The lowest BCUT2D eigenvalue weighted by atomic mass is 9.79. The fourth-order valence-electron chi connectivity index (χ4n) is 4.84. The number of Topliss-reactive ketones (excluding diaryl/α,β-unsaturated/α-hetero) is 1. The lowest BCUT2D eigenvalue weighted by Crippen LogP contribution is -2.50. The maximum Gasteiger partial charge on any atom is 0.289 e. The van der Waals surface area contributed by atoms with Crippen LogP contribution in [0.25, 0.3) is 0 Å². The smallest absolute Gasteiger partial charge is 0.289 e. The molecule has 6 nitrogen and oxygen atoms in total. The van der Waals surface area contributed by atoms with Crippen LogP contribution < -0.4 is 10.6 Å². The zero-order valence-corrected chi connectivity index (χ0v) is 20.9. The van der Waals surface area contributed by atoms with Crippen molar-refractivity contribution < 1.29 is 14.4 Å². The second kappa shape index (κ2) is 14.4. The summed E-state index contributed by atoms with van der Waals surface area (Å²) >= 11 is 0. The predicted molar refractivity (Wildman–Crippen MR) is 138 cm³/mol. The van der Waals surface area contributed by atoms with Gasteiger partial charge in [0, 0.05) is 31.3 Å². The van der Waals surface area contributed by atoms with Crippen molar-refractivity contribution in [3.8, 4) is 0 Å². The third-order valence-corrected chi connectivity index (χ3v) is 7.00. The lowest BCUT2D eigenvalue weighted by molar-refractivity contribution is -0.140. The average Bonchev–Trinajstić information content (AvgIpc) is 2.90. The first-order valence-electron chi connectivity index (χ1n) is 13.1. The molecular weight excluding hydrogens is 438 g/mol. The van der Waals surface area contributed by atoms with Crippen molar-refractivity contribution in [2.45, 2.75) is 77.2 Å². The molecule has 0 bridgehead atoms. The molecule has 0 saturated heterocycles. The molecule has 1 aliphatic rings. The van der Waals surface area contributed by atoms with Crippen molar-refractivity contribution in [3.05, 3.63) is 66.0 Å². The van der Waals surface area contributed by atoms with Crippen molar-refractivity contribution in [2.24, 2.45) is 11.8 Å². The van der Waals surface area contributed by atoms with Crippen molar-refractivity contribution in [2.75, 3.05) is 6.54 Å². The number of carbonyl (C=O) groups is 3. The Balaban J connectivity index is 1.54. The molecule has 35 heavy (non-hydrogen) atoms. The molecule has 0 aliphatic heterocycles. The van der Waals surface area contributed by atoms with E-state index in [0.29, 0.717) is 18.9 Å². The zero-order chi connectivity index (χ0) is 24.9. The van der Waals surface area contributed by atoms with Crippen LogP contribution in [0.3, 0.4) is 0 Å². The average molecular weight is 478 g/mol. The number of nitrogens with zero attached hydrogens (tertiary/aromatic N) is 1. The Bertz CT molecular complexity index is 925. The summed E-state index contributed by atoms with van der Waals surface area (Å²) in [5.74, 6) is -0.688. The van der Waals surface area contributed by atoms with Crippen molar-refractivity contribution >= 4 is 17.6 Å². The Morgan fingerprint density at radius 1 is 0.943 bits per heavy atom. The normalized spacial score (nSPS) is 18.4. The van der Waals surface area contributed by atoms with Crippen molar-refractivity contribution in [3.63, 3.8) is 0 Å². The Hall–Kier alpha value is -3.02. The summed E-state index contributed by atoms with van der Waals surface area (Å²) in [6, 6.07) is 12.6. The molecule has 188 valence electrons. The molecule has 2 N–H and O–H groups in total. The minimum atomic E-state index is -0.858. The Labute approximate surface area is 209 Å². The van der Waals surface area contributed by atoms with E-state index in [1.54, 1.807) is 12.4 Å². The van der Waals surface area contributed by atoms with Crippen molar-refractivity contribution in [1.29, 1.82) is 0 Å². The van der Waals surface area contributed by atoms with E-state index in [1.807, 2.05) is 42.5 Å². The molecule has 1 heterocycles. The van der Waals surface area contributed by atoms with Crippen LogP contribution in [-0.2, 0) is 27.2 Å². The molecule has 1 aliphatic carbocycles. The van der Waals surface area contributed by atoms with Gasteiger partial charge in [0.05, 0.1) is 0 Å². The molecule has 1 aromatic carbocycles. The van der Waals surface area contributed by atoms with E-state index in [4.69, 9.17) is 0 Å². The highest BCUT2D eigenvalue weighted by Gasteiger charge is 2.31. The summed E-state index contributed by atoms with van der Waals surface area (Å²) in [5.41, 5.74) is 2.05. The van der Waals surface area contributed by atoms with Gasteiger partial charge in [0.2, 0.25) is 11.7 Å². The Morgan fingerprint density at radius 2 is 1.66 bits per heavy atom. The SMILES string of the molecule is CCCCC1CCC(C(=O)NC(Cc2ccccc2)C(=O)C(=O)NCCCc2ccncc2)CC1. The molecule has 1 aromatic heterocycles. The number of rotatable bonds is 13. The van der Waals surface area contributed by atoms with Gasteiger partial charge in [-0.15, -0.1) is 0 Å². The van der Waals surface area contributed by atoms with E-state index in [-0.39, 0.29) is 11.8 Å². The number of aryl methyl sites for hydroxylation is 1. The van der Waals surface area contributed by atoms with Crippen LogP contribution in [0.5, 0.6) is 0 Å². The number of carbonyl (C=O) groups excluding carboxylic acids is 3. The van der Waals surface area contributed by atoms with Crippen LogP contribution in [-0.4, -0.2) is 35.2 Å². The highest BCUT2D eigenvalue weighted by molar-refractivity contribution is 6.38. The van der Waals surface area contributed by atoms with E-state index in [1.165, 1.54) is 19.3 Å². The van der Waals surface area contributed by atoms with Gasteiger partial charge in [-0.3, -0.25) is 19.4 Å². The Kier molecular flexibility index (Phi) is 10.9. The third-order valence-electron chi connectivity index (χ3n) is 7.00. The van der Waals surface area contributed by atoms with Crippen LogP contribution >= 0.6 is 0 Å². The van der Waals surface area contributed by atoms with Gasteiger partial charge in [-0.05, 0) is 67.7 Å². The monoisotopic (exact) mass is 477 g/mol. The van der Waals surface area contributed by atoms with Gasteiger partial charge >= 0.3 is 0 Å². The lowest BCUT2D eigenvalue weighted by Gasteiger charge is -2.29. The van der Waals surface area contributed by atoms with Crippen molar-refractivity contribution in [1.82, 2.24) is 15.6 Å². The highest BCUT2D eigenvalue weighted by atomic mass is 16.2. The topological polar surface area (TPSA) is 88.2 Å². The van der Waals surface area contributed by atoms with Gasteiger partial charge in [0.25, 0.3) is 5.91 Å². The van der Waals surface area contributed by atoms with Crippen LogP contribution in [0.15, 0.2) is 54.9 Å². The molecule has 1 atom stereocenters. The van der Waals surface area contributed by atoms with E-state index in [9.17, 15) is 14.4 Å². The molecule has 0 radical (unpaired) electrons. The fraction of sp³-hybridized carbons (Fsp3) is 0.517. The van der Waals surface area contributed by atoms with Gasteiger partial charge in [-0.25, -0.2) is 0 Å². The zero-order valence-electron chi connectivity index (χ0n) is 20.9. The summed E-state index contributed by atoms with van der Waals surface area (Å²) < 4.78 is 0. The summed E-state index contributed by atoms with van der Waals surface area (Å²) in [6.45, 7) is 2.61. The molecule has 6 heteroatoms. The molecule has 0 spiro atoms. The van der Waals surface area contributed by atoms with Gasteiger partial charge in [-0.1, -0.05) is 56.5 Å². The van der Waals surface area contributed by atoms with Gasteiger partial charge in [-0.2, -0.15) is 0 Å². The number of unbranched alkanes of at least 4 members (excludes halogenated alkanes) is 1. The highest BCUT2D eigenvalue weighted by Crippen LogP contribution is 2.32. The van der Waals surface area contributed by atoms with Crippen LogP contribution in [0.1, 0.15) is 69.4 Å². The summed E-state index contributed by atoms with van der Waals surface area (Å²) in [4.78, 5) is 42.8. The number of aromatic nitrogens is 1. The van der Waals surface area contributed by atoms with E-state index in [0.717, 1.165) is 49.7 Å². The first-order valence-corrected chi connectivity index (χ1v) is 13.1. The summed E-state index contributed by atoms with van der Waals surface area (Å²) in [6.07, 6.45) is 12.8. The predicted octanol–water partition coefficient (Wildman–Crippen LogP) is 4.42. The first-order chi connectivity index (χ1) is 17.1. The molecule has 2 amide bonds. The maximum absolute atomic E-state index is 13.1. The van der Waals surface area contributed by atoms with Gasteiger partial charge in [0.1, 0.15) is 6.04 Å². The molecule has 1 saturated carbocycles. The number of hydrogen-bond acceptors (Lipinski definition) is 4. The Morgan fingerprint density at radius 3 is 2.34 bits per heavy atom. The van der Waals surface area contributed by atoms with E-state index in [2.05, 4.69) is 22.5 Å². The second-order valence-electron chi connectivity index (χ2n) is 9.69. The summed E-state index contributed by atoms with van der Waals surface area (Å²) in [7, 11) is 0. The number of ketones is 1. The quantitative estimate of drug-likeness (QED) is 0.330. The molecule has 3 rings (SSSR count). The fourth-order valence-corrected chi connectivity index (χ4v) is 4.84. The molecule has 2 aromatic rings. The van der Waals surface area contributed by atoms with Crippen LogP contribution in [0, 0.1) is 11.8 Å². The number of hydrogen-bond donors (Lipinski definition) is 2. The maximum atomic E-state index is 13.1. The molecule has 1 unspecified atom stereocenters. The largest absolute Gasteiger partial charge is 0.349 e. The van der Waals surface area contributed by atoms with Crippen LogP contribution in [0.4, 0.5) is 0 Å². The number of amides is 2. The summed E-state index contributed by atoms with van der Waals surface area (Å²) in [5, 5.41) is 5.68. The number of pyridine rings is 1. The minimum absolute atomic E-state index is 0.0811. The minimum Gasteiger partial charge on any atom is -0.349 e. The van der Waals surface area contributed by atoms with Gasteiger partial charge in [0.15, 0.2) is 0 Å². The number of nitrogens with one attached hydrogen (secondary N) is 2. The van der Waals surface area contributed by atoms with Gasteiger partial charge < -0.3 is 10.6 Å². The second-order valence-corrected chi connectivity index (χ2v) is 9.69. The molecular formula is C29H39N3O3. The third kappa shape index (κ3) is 8.93. The van der Waals surface area contributed by atoms with E-state index >= 15 is 0 Å². The molecule has 1 fully saturated rings. The first kappa shape index (κ1) is 26.6. The number of benzene rings is 1.